The van der Waals surface area contributed by atoms with Crippen molar-refractivity contribution < 1.29 is 14.6 Å². The van der Waals surface area contributed by atoms with Crippen molar-refractivity contribution in [2.24, 2.45) is 5.92 Å². The molecule has 1 fully saturated rings. The Hall–Kier alpha value is -1.75. The Morgan fingerprint density at radius 2 is 2.12 bits per heavy atom. The molecule has 1 aromatic rings. The molecule has 2 unspecified atom stereocenters. The number of ether oxygens (including phenoxy) is 1. The molecule has 1 aromatic carbocycles. The summed E-state index contributed by atoms with van der Waals surface area (Å²) < 4.78 is 5.83. The first kappa shape index (κ1) is 18.6. The highest BCUT2D eigenvalue weighted by molar-refractivity contribution is 5.73. The molecule has 134 valence electrons. The normalized spacial score (nSPS) is 20.7. The van der Waals surface area contributed by atoms with E-state index in [4.69, 9.17) is 4.74 Å². The maximum absolute atomic E-state index is 12.0. The zero-order valence-electron chi connectivity index (χ0n) is 15.0. The summed E-state index contributed by atoms with van der Waals surface area (Å²) in [5.41, 5.74) is 2.10. The molecule has 2 amide bonds. The molecular formula is C19H30N2O3. The maximum Gasteiger partial charge on any atom is 0.315 e. The number of aliphatic hydroxyl groups excluding tert-OH is 1. The van der Waals surface area contributed by atoms with Crippen LogP contribution in [-0.2, 0) is 6.54 Å². The van der Waals surface area contributed by atoms with Crippen LogP contribution in [0.1, 0.15) is 50.7 Å². The van der Waals surface area contributed by atoms with Gasteiger partial charge in [0.25, 0.3) is 0 Å². The lowest BCUT2D eigenvalue weighted by atomic mass is 9.87. The number of carbonyl (C=O) groups excluding carboxylic acids is 1. The standard InChI is InChI=1S/C19H30N2O3/c1-13(2)24-18-9-14(3)7-8-16(18)12-21-19(23)20-11-15-5-4-6-17(22)10-15/h7-9,13,15,17,22H,4-6,10-12H2,1-3H3,(H2,20,21,23). The Kier molecular flexibility index (Phi) is 6.91. The molecule has 0 radical (unpaired) electrons. The molecule has 1 aliphatic carbocycles. The van der Waals surface area contributed by atoms with E-state index < -0.39 is 0 Å². The first-order valence-corrected chi connectivity index (χ1v) is 8.90. The first-order valence-electron chi connectivity index (χ1n) is 8.90. The van der Waals surface area contributed by atoms with Gasteiger partial charge in [0.1, 0.15) is 5.75 Å². The van der Waals surface area contributed by atoms with Gasteiger partial charge in [-0.05, 0) is 57.6 Å². The van der Waals surface area contributed by atoms with Crippen LogP contribution in [0.2, 0.25) is 0 Å². The summed E-state index contributed by atoms with van der Waals surface area (Å²) in [5, 5.41) is 15.5. The molecule has 0 bridgehead atoms. The summed E-state index contributed by atoms with van der Waals surface area (Å²) in [4.78, 5) is 12.0. The van der Waals surface area contributed by atoms with E-state index in [0.29, 0.717) is 19.0 Å². The number of aryl methyl sites for hydroxylation is 1. The molecule has 5 nitrogen and oxygen atoms in total. The minimum Gasteiger partial charge on any atom is -0.491 e. The predicted molar refractivity (Wildman–Crippen MR) is 95.1 cm³/mol. The van der Waals surface area contributed by atoms with Crippen molar-refractivity contribution in [3.63, 3.8) is 0 Å². The molecule has 0 spiro atoms. The zero-order chi connectivity index (χ0) is 17.5. The Morgan fingerprint density at radius 1 is 1.33 bits per heavy atom. The Balaban J connectivity index is 1.81. The lowest BCUT2D eigenvalue weighted by Gasteiger charge is -2.25. The van der Waals surface area contributed by atoms with E-state index in [1.54, 1.807) is 0 Å². The van der Waals surface area contributed by atoms with E-state index in [2.05, 4.69) is 10.6 Å². The van der Waals surface area contributed by atoms with Crippen molar-refractivity contribution >= 4 is 6.03 Å². The lowest BCUT2D eigenvalue weighted by Crippen LogP contribution is -2.39. The van der Waals surface area contributed by atoms with Gasteiger partial charge >= 0.3 is 6.03 Å². The third-order valence-electron chi connectivity index (χ3n) is 4.33. The fraction of sp³-hybridized carbons (Fsp3) is 0.632. The molecular weight excluding hydrogens is 304 g/mol. The van der Waals surface area contributed by atoms with Crippen LogP contribution in [0, 0.1) is 12.8 Å². The third kappa shape index (κ3) is 6.04. The Morgan fingerprint density at radius 3 is 2.83 bits per heavy atom. The van der Waals surface area contributed by atoms with Crippen molar-refractivity contribution in [2.75, 3.05) is 6.54 Å². The van der Waals surface area contributed by atoms with Crippen molar-refractivity contribution in [3.05, 3.63) is 29.3 Å². The monoisotopic (exact) mass is 334 g/mol. The lowest BCUT2D eigenvalue weighted by molar-refractivity contribution is 0.101. The number of amides is 2. The molecule has 1 saturated carbocycles. The molecule has 0 saturated heterocycles. The van der Waals surface area contributed by atoms with Gasteiger partial charge in [-0.15, -0.1) is 0 Å². The quantitative estimate of drug-likeness (QED) is 0.748. The van der Waals surface area contributed by atoms with E-state index in [9.17, 15) is 9.90 Å². The van der Waals surface area contributed by atoms with E-state index in [-0.39, 0.29) is 18.2 Å². The summed E-state index contributed by atoms with van der Waals surface area (Å²) in [7, 11) is 0. The van der Waals surface area contributed by atoms with Crippen LogP contribution in [-0.4, -0.2) is 29.9 Å². The smallest absolute Gasteiger partial charge is 0.315 e. The van der Waals surface area contributed by atoms with Gasteiger partial charge < -0.3 is 20.5 Å². The number of carbonyl (C=O) groups is 1. The minimum absolute atomic E-state index is 0.0945. The number of aliphatic hydroxyl groups is 1. The van der Waals surface area contributed by atoms with Gasteiger partial charge in [-0.25, -0.2) is 4.79 Å². The molecule has 2 rings (SSSR count). The number of hydrogen-bond acceptors (Lipinski definition) is 3. The van der Waals surface area contributed by atoms with Gasteiger partial charge in [0.05, 0.1) is 12.2 Å². The number of urea groups is 1. The van der Waals surface area contributed by atoms with Crippen molar-refractivity contribution in [1.29, 1.82) is 0 Å². The summed E-state index contributed by atoms with van der Waals surface area (Å²) in [6, 6.07) is 5.83. The molecule has 3 N–H and O–H groups in total. The first-order chi connectivity index (χ1) is 11.4. The van der Waals surface area contributed by atoms with E-state index in [0.717, 1.165) is 42.6 Å². The van der Waals surface area contributed by atoms with Crippen molar-refractivity contribution in [1.82, 2.24) is 10.6 Å². The number of benzene rings is 1. The van der Waals surface area contributed by atoms with Gasteiger partial charge in [0, 0.05) is 18.7 Å². The Labute approximate surface area is 144 Å². The van der Waals surface area contributed by atoms with Crippen LogP contribution in [0.3, 0.4) is 0 Å². The SMILES string of the molecule is Cc1ccc(CNC(=O)NCC2CCCC(O)C2)c(OC(C)C)c1. The predicted octanol–water partition coefficient (Wildman–Crippen LogP) is 3.13. The summed E-state index contributed by atoms with van der Waals surface area (Å²) in [6.07, 6.45) is 3.66. The van der Waals surface area contributed by atoms with Crippen molar-refractivity contribution in [3.8, 4) is 5.75 Å². The fourth-order valence-electron chi connectivity index (χ4n) is 3.09. The van der Waals surface area contributed by atoms with Crippen LogP contribution >= 0.6 is 0 Å². The molecule has 0 aliphatic heterocycles. The van der Waals surface area contributed by atoms with Gasteiger partial charge in [0.15, 0.2) is 0 Å². The largest absolute Gasteiger partial charge is 0.491 e. The van der Waals surface area contributed by atoms with Gasteiger partial charge in [-0.2, -0.15) is 0 Å². The van der Waals surface area contributed by atoms with Gasteiger partial charge in [0.2, 0.25) is 0 Å². The topological polar surface area (TPSA) is 70.6 Å². The zero-order valence-corrected chi connectivity index (χ0v) is 15.0. The average Bonchev–Trinajstić information content (AvgIpc) is 2.51. The summed E-state index contributed by atoms with van der Waals surface area (Å²) in [5.74, 6) is 1.19. The number of hydrogen-bond donors (Lipinski definition) is 3. The molecule has 0 aromatic heterocycles. The molecule has 1 aliphatic rings. The summed E-state index contributed by atoms with van der Waals surface area (Å²) in [6.45, 7) is 7.05. The van der Waals surface area contributed by atoms with Crippen LogP contribution in [0.25, 0.3) is 0 Å². The van der Waals surface area contributed by atoms with Crippen LogP contribution in [0.15, 0.2) is 18.2 Å². The van der Waals surface area contributed by atoms with Gasteiger partial charge in [-0.1, -0.05) is 18.6 Å². The van der Waals surface area contributed by atoms with Gasteiger partial charge in [-0.3, -0.25) is 0 Å². The highest BCUT2D eigenvalue weighted by Crippen LogP contribution is 2.23. The fourth-order valence-corrected chi connectivity index (χ4v) is 3.09. The van der Waals surface area contributed by atoms with Crippen LogP contribution in [0.5, 0.6) is 5.75 Å². The Bertz CT molecular complexity index is 545. The highest BCUT2D eigenvalue weighted by Gasteiger charge is 2.20. The van der Waals surface area contributed by atoms with Crippen LogP contribution in [0.4, 0.5) is 4.79 Å². The average molecular weight is 334 g/mol. The van der Waals surface area contributed by atoms with E-state index in [1.165, 1.54) is 0 Å². The number of nitrogens with one attached hydrogen (secondary N) is 2. The second kappa shape index (κ2) is 8.92. The molecule has 24 heavy (non-hydrogen) atoms. The minimum atomic E-state index is -0.211. The third-order valence-corrected chi connectivity index (χ3v) is 4.33. The highest BCUT2D eigenvalue weighted by atomic mass is 16.5. The second-order valence-corrected chi connectivity index (χ2v) is 7.03. The molecule has 2 atom stereocenters. The van der Waals surface area contributed by atoms with E-state index in [1.807, 2.05) is 39.0 Å². The molecule has 0 heterocycles. The van der Waals surface area contributed by atoms with Crippen LogP contribution < -0.4 is 15.4 Å². The van der Waals surface area contributed by atoms with Crippen molar-refractivity contribution in [2.45, 2.75) is 65.2 Å². The number of rotatable bonds is 6. The molecule has 5 heteroatoms. The second-order valence-electron chi connectivity index (χ2n) is 7.03. The maximum atomic E-state index is 12.0. The van der Waals surface area contributed by atoms with E-state index >= 15 is 0 Å². The summed E-state index contributed by atoms with van der Waals surface area (Å²) >= 11 is 0.